The first-order chi connectivity index (χ1) is 12.5. The molecule has 1 aliphatic heterocycles. The molecule has 1 aromatic heterocycles. The first-order valence-electron chi connectivity index (χ1n) is 8.49. The first-order valence-corrected chi connectivity index (χ1v) is 8.49. The van der Waals surface area contributed by atoms with Crippen LogP contribution in [0.2, 0.25) is 0 Å². The molecule has 2 aromatic rings. The number of H-pyrrole nitrogens is 1. The van der Waals surface area contributed by atoms with Crippen LogP contribution in [0.15, 0.2) is 46.0 Å². The van der Waals surface area contributed by atoms with Gasteiger partial charge in [-0.1, -0.05) is 30.3 Å². The number of aromatic amines is 1. The number of hydrogen-bond acceptors (Lipinski definition) is 5. The number of nitrogens with one attached hydrogen (secondary N) is 1. The van der Waals surface area contributed by atoms with Gasteiger partial charge in [0.15, 0.2) is 0 Å². The summed E-state index contributed by atoms with van der Waals surface area (Å²) in [6.45, 7) is 2.58. The number of nitrogens with zero attached hydrogens (tertiary/aromatic N) is 3. The van der Waals surface area contributed by atoms with Crippen molar-refractivity contribution in [3.63, 3.8) is 0 Å². The predicted molar refractivity (Wildman–Crippen MR) is 97.2 cm³/mol. The van der Waals surface area contributed by atoms with Crippen LogP contribution in [0, 0.1) is 0 Å². The number of anilines is 1. The van der Waals surface area contributed by atoms with Gasteiger partial charge >= 0.3 is 5.69 Å². The predicted octanol–water partition coefficient (Wildman–Crippen LogP) is -0.0610. The summed E-state index contributed by atoms with van der Waals surface area (Å²) in [7, 11) is 1.43. The summed E-state index contributed by atoms with van der Waals surface area (Å²) in [6, 6.07) is 11.1. The average Bonchev–Trinajstić information content (AvgIpc) is 2.66. The lowest BCUT2D eigenvalue weighted by atomic mass is 10.2. The highest BCUT2D eigenvalue weighted by molar-refractivity contribution is 5.77. The van der Waals surface area contributed by atoms with E-state index in [1.165, 1.54) is 13.1 Å². The number of amides is 1. The molecule has 1 aromatic carbocycles. The van der Waals surface area contributed by atoms with Gasteiger partial charge in [-0.15, -0.1) is 0 Å². The summed E-state index contributed by atoms with van der Waals surface area (Å²) >= 11 is 0. The molecule has 0 atom stereocenters. The fourth-order valence-corrected chi connectivity index (χ4v) is 2.83. The molecule has 0 saturated carbocycles. The molecule has 8 nitrogen and oxygen atoms in total. The minimum absolute atomic E-state index is 0.0393. The van der Waals surface area contributed by atoms with Crippen molar-refractivity contribution in [2.75, 3.05) is 37.7 Å². The Bertz CT molecular complexity index is 836. The molecular formula is C18H22N4O4. The van der Waals surface area contributed by atoms with Crippen molar-refractivity contribution >= 4 is 11.7 Å². The smallest absolute Gasteiger partial charge is 0.329 e. The maximum Gasteiger partial charge on any atom is 0.329 e. The normalized spacial score (nSPS) is 14.5. The lowest BCUT2D eigenvalue weighted by Crippen LogP contribution is -2.50. The molecule has 8 heteroatoms. The molecule has 1 N–H and O–H groups in total. The van der Waals surface area contributed by atoms with Gasteiger partial charge in [0.1, 0.15) is 12.4 Å². The minimum Gasteiger partial charge on any atom is -0.367 e. The zero-order valence-corrected chi connectivity index (χ0v) is 14.7. The van der Waals surface area contributed by atoms with Gasteiger partial charge in [0.05, 0.1) is 6.61 Å². The van der Waals surface area contributed by atoms with Gasteiger partial charge in [0.25, 0.3) is 5.56 Å². The van der Waals surface area contributed by atoms with Crippen molar-refractivity contribution in [2.24, 2.45) is 7.05 Å². The Hall–Kier alpha value is -2.87. The van der Waals surface area contributed by atoms with E-state index in [9.17, 15) is 14.4 Å². The van der Waals surface area contributed by atoms with Crippen LogP contribution in [0.4, 0.5) is 5.82 Å². The lowest BCUT2D eigenvalue weighted by Gasteiger charge is -2.35. The molecule has 0 aliphatic carbocycles. The van der Waals surface area contributed by atoms with Gasteiger partial charge in [-0.05, 0) is 5.56 Å². The highest BCUT2D eigenvalue weighted by Crippen LogP contribution is 2.10. The third-order valence-corrected chi connectivity index (χ3v) is 4.44. The summed E-state index contributed by atoms with van der Waals surface area (Å²) in [6.07, 6.45) is 0. The lowest BCUT2D eigenvalue weighted by molar-refractivity contribution is -0.136. The van der Waals surface area contributed by atoms with Gasteiger partial charge in [-0.25, -0.2) is 4.79 Å². The molecule has 1 aliphatic rings. The number of benzene rings is 1. The second-order valence-corrected chi connectivity index (χ2v) is 6.20. The number of carbonyl (C=O) groups excluding carboxylic acids is 1. The van der Waals surface area contributed by atoms with Gasteiger partial charge < -0.3 is 14.5 Å². The van der Waals surface area contributed by atoms with Crippen LogP contribution in [0.25, 0.3) is 0 Å². The van der Waals surface area contributed by atoms with Crippen molar-refractivity contribution in [3.05, 3.63) is 62.8 Å². The average molecular weight is 358 g/mol. The van der Waals surface area contributed by atoms with Gasteiger partial charge in [-0.3, -0.25) is 19.1 Å². The van der Waals surface area contributed by atoms with Crippen molar-refractivity contribution in [1.29, 1.82) is 0 Å². The number of piperazine rings is 1. The molecule has 3 rings (SSSR count). The van der Waals surface area contributed by atoms with E-state index in [-0.39, 0.29) is 18.1 Å². The standard InChI is InChI=1S/C18H22N4O4/c1-20-16(23)11-15(19-18(20)25)21-7-9-22(10-8-21)17(24)13-26-12-14-5-3-2-4-6-14/h2-6,11H,7-10,12-13H2,1H3,(H,19,25). The summed E-state index contributed by atoms with van der Waals surface area (Å²) in [5.41, 5.74) is 0.233. The molecule has 0 unspecified atom stereocenters. The van der Waals surface area contributed by atoms with Gasteiger partial charge in [0, 0.05) is 39.3 Å². The number of rotatable bonds is 5. The highest BCUT2D eigenvalue weighted by Gasteiger charge is 2.22. The van der Waals surface area contributed by atoms with Crippen LogP contribution in [0.1, 0.15) is 5.56 Å². The molecule has 0 bridgehead atoms. The van der Waals surface area contributed by atoms with Crippen molar-refractivity contribution < 1.29 is 9.53 Å². The number of ether oxygens (including phenoxy) is 1. The zero-order valence-electron chi connectivity index (χ0n) is 14.7. The van der Waals surface area contributed by atoms with E-state index in [0.29, 0.717) is 38.6 Å². The Morgan fingerprint density at radius 3 is 2.46 bits per heavy atom. The summed E-state index contributed by atoms with van der Waals surface area (Å²) in [4.78, 5) is 42.0. The van der Waals surface area contributed by atoms with E-state index in [0.717, 1.165) is 10.1 Å². The van der Waals surface area contributed by atoms with Crippen LogP contribution in [-0.2, 0) is 23.2 Å². The minimum atomic E-state index is -0.444. The molecule has 1 fully saturated rings. The topological polar surface area (TPSA) is 87.6 Å². The van der Waals surface area contributed by atoms with E-state index in [2.05, 4.69) is 4.98 Å². The molecule has 138 valence electrons. The Kier molecular flexibility index (Phi) is 5.52. The summed E-state index contributed by atoms with van der Waals surface area (Å²) < 4.78 is 6.52. The Morgan fingerprint density at radius 2 is 1.81 bits per heavy atom. The second kappa shape index (κ2) is 8.01. The van der Waals surface area contributed by atoms with E-state index in [1.54, 1.807) is 4.90 Å². The fourth-order valence-electron chi connectivity index (χ4n) is 2.83. The molecule has 1 amide bonds. The largest absolute Gasteiger partial charge is 0.367 e. The first kappa shape index (κ1) is 17.9. The summed E-state index contributed by atoms with van der Waals surface area (Å²) in [5, 5.41) is 0. The van der Waals surface area contributed by atoms with Crippen LogP contribution in [0.3, 0.4) is 0 Å². The number of hydrogen-bond donors (Lipinski definition) is 1. The van der Waals surface area contributed by atoms with Crippen LogP contribution in [0.5, 0.6) is 0 Å². The molecule has 1 saturated heterocycles. The summed E-state index contributed by atoms with van der Waals surface area (Å²) in [5.74, 6) is 0.434. The quantitative estimate of drug-likeness (QED) is 0.809. The Morgan fingerprint density at radius 1 is 1.12 bits per heavy atom. The number of carbonyl (C=O) groups is 1. The van der Waals surface area contributed by atoms with Crippen molar-refractivity contribution in [3.8, 4) is 0 Å². The number of aromatic nitrogens is 2. The zero-order chi connectivity index (χ0) is 18.5. The van der Waals surface area contributed by atoms with Crippen LogP contribution >= 0.6 is 0 Å². The molecule has 26 heavy (non-hydrogen) atoms. The van der Waals surface area contributed by atoms with E-state index in [4.69, 9.17) is 4.74 Å². The highest BCUT2D eigenvalue weighted by atomic mass is 16.5. The SMILES string of the molecule is Cn1c(=O)cc(N2CCN(C(=O)COCc3ccccc3)CC2)[nH]c1=O. The van der Waals surface area contributed by atoms with E-state index >= 15 is 0 Å². The van der Waals surface area contributed by atoms with E-state index < -0.39 is 5.69 Å². The Balaban J connectivity index is 1.49. The molecule has 0 radical (unpaired) electrons. The second-order valence-electron chi connectivity index (χ2n) is 6.20. The maximum absolute atomic E-state index is 12.3. The van der Waals surface area contributed by atoms with Crippen LogP contribution in [-0.4, -0.2) is 53.1 Å². The third kappa shape index (κ3) is 4.20. The van der Waals surface area contributed by atoms with Gasteiger partial charge in [-0.2, -0.15) is 0 Å². The van der Waals surface area contributed by atoms with E-state index in [1.807, 2.05) is 35.2 Å². The van der Waals surface area contributed by atoms with Crippen LogP contribution < -0.4 is 16.1 Å². The molecule has 2 heterocycles. The van der Waals surface area contributed by atoms with Crippen molar-refractivity contribution in [1.82, 2.24) is 14.5 Å². The third-order valence-electron chi connectivity index (χ3n) is 4.44. The maximum atomic E-state index is 12.3. The van der Waals surface area contributed by atoms with Crippen molar-refractivity contribution in [2.45, 2.75) is 6.61 Å². The van der Waals surface area contributed by atoms with Gasteiger partial charge in [0.2, 0.25) is 5.91 Å². The molecular weight excluding hydrogens is 336 g/mol. The Labute approximate surface area is 150 Å². The monoisotopic (exact) mass is 358 g/mol. The fraction of sp³-hybridized carbons (Fsp3) is 0.389. The molecule has 0 spiro atoms.